The Bertz CT molecular complexity index is 276. The predicted octanol–water partition coefficient (Wildman–Crippen LogP) is 1.73. The number of esters is 1. The molecule has 0 aromatic carbocycles. The van der Waals surface area contributed by atoms with Crippen LogP contribution in [0.3, 0.4) is 0 Å². The second-order valence-corrected chi connectivity index (χ2v) is 5.88. The molecule has 1 aliphatic rings. The van der Waals surface area contributed by atoms with Gasteiger partial charge >= 0.3 is 5.97 Å². The number of carbonyl (C=O) groups is 1. The fourth-order valence-electron chi connectivity index (χ4n) is 2.36. The average molecular weight is 243 g/mol. The van der Waals surface area contributed by atoms with Gasteiger partial charge in [0.15, 0.2) is 0 Å². The van der Waals surface area contributed by atoms with Crippen LogP contribution >= 0.6 is 0 Å². The van der Waals surface area contributed by atoms with Crippen LogP contribution in [0.5, 0.6) is 0 Å². The molecule has 1 saturated heterocycles. The monoisotopic (exact) mass is 243 g/mol. The Morgan fingerprint density at radius 1 is 1.47 bits per heavy atom. The van der Waals surface area contributed by atoms with Gasteiger partial charge in [-0.15, -0.1) is 0 Å². The Hall–Kier alpha value is -0.610. The van der Waals surface area contributed by atoms with Crippen LogP contribution in [0.4, 0.5) is 0 Å². The van der Waals surface area contributed by atoms with Gasteiger partial charge < -0.3 is 14.8 Å². The van der Waals surface area contributed by atoms with Crippen molar-refractivity contribution in [3.63, 3.8) is 0 Å². The van der Waals surface area contributed by atoms with Gasteiger partial charge in [-0.25, -0.2) is 0 Å². The molecule has 0 spiro atoms. The van der Waals surface area contributed by atoms with Gasteiger partial charge in [-0.2, -0.15) is 0 Å². The van der Waals surface area contributed by atoms with Gasteiger partial charge in [0.1, 0.15) is 5.54 Å². The van der Waals surface area contributed by atoms with E-state index in [-0.39, 0.29) is 11.6 Å². The van der Waals surface area contributed by atoms with E-state index in [1.165, 1.54) is 7.11 Å². The lowest BCUT2D eigenvalue weighted by atomic mass is 9.81. The zero-order chi connectivity index (χ0) is 13.1. The summed E-state index contributed by atoms with van der Waals surface area (Å²) < 4.78 is 10.6. The molecular weight excluding hydrogens is 218 g/mol. The van der Waals surface area contributed by atoms with Crippen LogP contribution < -0.4 is 5.32 Å². The van der Waals surface area contributed by atoms with E-state index < -0.39 is 5.54 Å². The van der Waals surface area contributed by atoms with Crippen molar-refractivity contribution < 1.29 is 14.3 Å². The number of carbonyl (C=O) groups excluding carboxylic acids is 1. The number of hydrogen-bond acceptors (Lipinski definition) is 4. The van der Waals surface area contributed by atoms with E-state index in [2.05, 4.69) is 19.2 Å². The maximum atomic E-state index is 12.0. The van der Waals surface area contributed by atoms with E-state index in [4.69, 9.17) is 9.47 Å². The lowest BCUT2D eigenvalue weighted by Gasteiger charge is -2.43. The first kappa shape index (κ1) is 14.5. The molecule has 0 radical (unpaired) electrons. The number of rotatable bonds is 4. The minimum absolute atomic E-state index is 0.172. The highest BCUT2D eigenvalue weighted by molar-refractivity contribution is 5.81. The van der Waals surface area contributed by atoms with Crippen LogP contribution in [0.2, 0.25) is 0 Å². The van der Waals surface area contributed by atoms with Crippen molar-refractivity contribution >= 4 is 5.97 Å². The third kappa shape index (κ3) is 3.68. The summed E-state index contributed by atoms with van der Waals surface area (Å²) in [6.07, 6.45) is 1.33. The molecule has 100 valence electrons. The van der Waals surface area contributed by atoms with Gasteiger partial charge in [0.2, 0.25) is 0 Å². The second kappa shape index (κ2) is 5.36. The molecule has 1 rings (SSSR count). The predicted molar refractivity (Wildman–Crippen MR) is 66.9 cm³/mol. The summed E-state index contributed by atoms with van der Waals surface area (Å²) in [4.78, 5) is 12.0. The fraction of sp³-hybridized carbons (Fsp3) is 0.923. The van der Waals surface area contributed by atoms with E-state index in [9.17, 15) is 4.79 Å². The third-order valence-corrected chi connectivity index (χ3v) is 3.17. The Balaban J connectivity index is 2.82. The number of nitrogens with one attached hydrogen (secondary N) is 1. The van der Waals surface area contributed by atoms with E-state index in [0.717, 1.165) is 6.54 Å². The van der Waals surface area contributed by atoms with Gasteiger partial charge in [-0.1, -0.05) is 13.8 Å². The summed E-state index contributed by atoms with van der Waals surface area (Å²) in [5, 5.41) is 3.39. The molecular formula is C13H25NO3. The van der Waals surface area contributed by atoms with Gasteiger partial charge in [-0.3, -0.25) is 4.79 Å². The Labute approximate surface area is 104 Å². The summed E-state index contributed by atoms with van der Waals surface area (Å²) in [6.45, 7) is 9.69. The molecule has 1 aliphatic heterocycles. The minimum atomic E-state index is -0.583. The first-order valence-electron chi connectivity index (χ1n) is 6.29. The quantitative estimate of drug-likeness (QED) is 0.764. The zero-order valence-electron chi connectivity index (χ0n) is 11.6. The van der Waals surface area contributed by atoms with Crippen LogP contribution in [-0.2, 0) is 14.3 Å². The summed E-state index contributed by atoms with van der Waals surface area (Å²) in [6, 6.07) is 0. The Morgan fingerprint density at radius 2 is 2.12 bits per heavy atom. The topological polar surface area (TPSA) is 47.6 Å². The van der Waals surface area contributed by atoms with Crippen molar-refractivity contribution in [2.24, 2.45) is 5.92 Å². The molecule has 0 bridgehead atoms. The Morgan fingerprint density at radius 3 is 2.59 bits per heavy atom. The standard InChI is InChI=1S/C13H25NO3/c1-10(2)8-14-13(11(15)16-5)6-7-17-12(3,4)9-13/h10,14H,6-9H2,1-5H3. The van der Waals surface area contributed by atoms with Crippen molar-refractivity contribution in [3.8, 4) is 0 Å². The Kier molecular flexibility index (Phi) is 4.55. The molecule has 4 nitrogen and oxygen atoms in total. The maximum Gasteiger partial charge on any atom is 0.326 e. The van der Waals surface area contributed by atoms with Crippen LogP contribution in [0.1, 0.15) is 40.5 Å². The molecule has 17 heavy (non-hydrogen) atoms. The molecule has 1 heterocycles. The molecule has 0 aliphatic carbocycles. The maximum absolute atomic E-state index is 12.0. The number of methoxy groups -OCH3 is 1. The zero-order valence-corrected chi connectivity index (χ0v) is 11.6. The van der Waals surface area contributed by atoms with Crippen molar-refractivity contribution in [1.29, 1.82) is 0 Å². The lowest BCUT2D eigenvalue weighted by Crippen LogP contribution is -2.60. The van der Waals surface area contributed by atoms with Crippen molar-refractivity contribution in [2.75, 3.05) is 20.3 Å². The second-order valence-electron chi connectivity index (χ2n) is 5.88. The van der Waals surface area contributed by atoms with E-state index in [1.54, 1.807) is 0 Å². The van der Waals surface area contributed by atoms with Gasteiger partial charge in [0.05, 0.1) is 12.7 Å². The average Bonchev–Trinajstić information content (AvgIpc) is 2.24. The van der Waals surface area contributed by atoms with Crippen LogP contribution in [-0.4, -0.2) is 37.4 Å². The first-order valence-corrected chi connectivity index (χ1v) is 6.29. The molecule has 0 aromatic heterocycles. The summed E-state index contributed by atoms with van der Waals surface area (Å²) in [5.74, 6) is 0.331. The van der Waals surface area contributed by atoms with E-state index in [1.807, 2.05) is 13.8 Å². The first-order chi connectivity index (χ1) is 7.81. The van der Waals surface area contributed by atoms with Crippen molar-refractivity contribution in [2.45, 2.75) is 51.7 Å². The summed E-state index contributed by atoms with van der Waals surface area (Å²) in [5.41, 5.74) is -0.864. The molecule has 4 heteroatoms. The van der Waals surface area contributed by atoms with Gasteiger partial charge in [0.25, 0.3) is 0 Å². The molecule has 1 unspecified atom stereocenters. The largest absolute Gasteiger partial charge is 0.468 e. The summed E-state index contributed by atoms with van der Waals surface area (Å²) in [7, 11) is 1.45. The van der Waals surface area contributed by atoms with E-state index >= 15 is 0 Å². The fourth-order valence-corrected chi connectivity index (χ4v) is 2.36. The smallest absolute Gasteiger partial charge is 0.326 e. The van der Waals surface area contributed by atoms with Gasteiger partial charge in [-0.05, 0) is 32.7 Å². The lowest BCUT2D eigenvalue weighted by molar-refractivity contribution is -0.161. The molecule has 0 aromatic rings. The molecule has 0 amide bonds. The van der Waals surface area contributed by atoms with Gasteiger partial charge in [0, 0.05) is 13.0 Å². The number of ether oxygens (including phenoxy) is 2. The number of hydrogen-bond donors (Lipinski definition) is 1. The normalized spacial score (nSPS) is 28.1. The van der Waals surface area contributed by atoms with Crippen molar-refractivity contribution in [3.05, 3.63) is 0 Å². The molecule has 1 fully saturated rings. The highest BCUT2D eigenvalue weighted by Gasteiger charge is 2.47. The van der Waals surface area contributed by atoms with E-state index in [0.29, 0.717) is 25.4 Å². The third-order valence-electron chi connectivity index (χ3n) is 3.17. The van der Waals surface area contributed by atoms with Crippen molar-refractivity contribution in [1.82, 2.24) is 5.32 Å². The highest BCUT2D eigenvalue weighted by Crippen LogP contribution is 2.33. The molecule has 0 saturated carbocycles. The SMILES string of the molecule is COC(=O)C1(NCC(C)C)CCOC(C)(C)C1. The van der Waals surface area contributed by atoms with Crippen LogP contribution in [0.15, 0.2) is 0 Å². The van der Waals surface area contributed by atoms with Crippen LogP contribution in [0.25, 0.3) is 0 Å². The molecule has 1 N–H and O–H groups in total. The minimum Gasteiger partial charge on any atom is -0.468 e. The molecule has 1 atom stereocenters. The van der Waals surface area contributed by atoms with Crippen LogP contribution in [0, 0.1) is 5.92 Å². The summed E-state index contributed by atoms with van der Waals surface area (Å²) >= 11 is 0. The highest BCUT2D eigenvalue weighted by atomic mass is 16.5.